The van der Waals surface area contributed by atoms with Crippen LogP contribution >= 0.6 is 23.2 Å². The normalized spacial score (nSPS) is 24.9. The van der Waals surface area contributed by atoms with Gasteiger partial charge in [-0.15, -0.1) is 0 Å². The molecule has 3 rings (SSSR count). The maximum atomic E-state index is 6.51. The first kappa shape index (κ1) is 11.8. The van der Waals surface area contributed by atoms with Crippen LogP contribution in [0.5, 0.6) is 0 Å². The standard InChI is InChI=1S/C14H17Cl2N/c15-10-4-3-5-11(16)12(10)14(17)8-13(9-14)6-1-2-7-13/h3-5H,1-2,6-9,17H2. The first-order valence-corrected chi connectivity index (χ1v) is 7.04. The molecular weight excluding hydrogens is 253 g/mol. The Balaban J connectivity index is 1.90. The molecule has 0 bridgehead atoms. The van der Waals surface area contributed by atoms with E-state index in [0.29, 0.717) is 15.5 Å². The Morgan fingerprint density at radius 3 is 2.06 bits per heavy atom. The molecule has 2 aliphatic rings. The summed E-state index contributed by atoms with van der Waals surface area (Å²) in [5.41, 5.74) is 7.68. The fourth-order valence-corrected chi connectivity index (χ4v) is 4.69. The van der Waals surface area contributed by atoms with Crippen molar-refractivity contribution in [2.45, 2.75) is 44.1 Å². The minimum absolute atomic E-state index is 0.292. The largest absolute Gasteiger partial charge is 0.321 e. The molecule has 2 aliphatic carbocycles. The highest BCUT2D eigenvalue weighted by Crippen LogP contribution is 2.62. The summed E-state index contributed by atoms with van der Waals surface area (Å²) in [6.45, 7) is 0. The first-order valence-electron chi connectivity index (χ1n) is 6.28. The molecular formula is C14H17Cl2N. The van der Waals surface area contributed by atoms with Crippen LogP contribution in [0.25, 0.3) is 0 Å². The molecule has 2 fully saturated rings. The smallest absolute Gasteiger partial charge is 0.0471 e. The highest BCUT2D eigenvalue weighted by atomic mass is 35.5. The van der Waals surface area contributed by atoms with Gasteiger partial charge in [0.25, 0.3) is 0 Å². The van der Waals surface area contributed by atoms with E-state index < -0.39 is 0 Å². The fraction of sp³-hybridized carbons (Fsp3) is 0.571. The molecule has 0 aliphatic heterocycles. The van der Waals surface area contributed by atoms with Crippen molar-refractivity contribution in [2.24, 2.45) is 11.1 Å². The van der Waals surface area contributed by atoms with Gasteiger partial charge in [-0.05, 0) is 43.2 Å². The van der Waals surface area contributed by atoms with Crippen LogP contribution in [0.15, 0.2) is 18.2 Å². The second-order valence-electron chi connectivity index (χ2n) is 5.81. The van der Waals surface area contributed by atoms with Crippen molar-refractivity contribution in [3.63, 3.8) is 0 Å². The zero-order chi connectivity index (χ0) is 12.1. The van der Waals surface area contributed by atoms with Crippen molar-refractivity contribution >= 4 is 23.2 Å². The summed E-state index contributed by atoms with van der Waals surface area (Å²) in [5.74, 6) is 0. The Morgan fingerprint density at radius 1 is 1.00 bits per heavy atom. The van der Waals surface area contributed by atoms with E-state index in [1.54, 1.807) is 0 Å². The molecule has 0 atom stereocenters. The summed E-state index contributed by atoms with van der Waals surface area (Å²) >= 11 is 12.5. The zero-order valence-electron chi connectivity index (χ0n) is 9.81. The molecule has 0 saturated heterocycles. The summed E-state index contributed by atoms with van der Waals surface area (Å²) < 4.78 is 0. The van der Waals surface area contributed by atoms with Crippen molar-refractivity contribution in [3.05, 3.63) is 33.8 Å². The topological polar surface area (TPSA) is 26.0 Å². The second kappa shape index (κ2) is 3.88. The van der Waals surface area contributed by atoms with Crippen LogP contribution in [0.1, 0.15) is 44.1 Å². The molecule has 17 heavy (non-hydrogen) atoms. The first-order chi connectivity index (χ1) is 8.05. The summed E-state index contributed by atoms with van der Waals surface area (Å²) in [6.07, 6.45) is 7.45. The molecule has 2 N–H and O–H groups in total. The van der Waals surface area contributed by atoms with Crippen molar-refractivity contribution in [2.75, 3.05) is 0 Å². The van der Waals surface area contributed by atoms with Gasteiger partial charge >= 0.3 is 0 Å². The highest BCUT2D eigenvalue weighted by Gasteiger charge is 2.55. The average Bonchev–Trinajstić information content (AvgIpc) is 2.65. The van der Waals surface area contributed by atoms with Crippen LogP contribution in [-0.2, 0) is 5.54 Å². The molecule has 0 heterocycles. The van der Waals surface area contributed by atoms with Gasteiger partial charge in [0.05, 0.1) is 0 Å². The number of benzene rings is 1. The average molecular weight is 270 g/mol. The van der Waals surface area contributed by atoms with Crippen molar-refractivity contribution < 1.29 is 0 Å². The number of hydrogen-bond donors (Lipinski definition) is 1. The summed E-state index contributed by atoms with van der Waals surface area (Å²) in [4.78, 5) is 0. The Labute approximate surface area is 112 Å². The van der Waals surface area contributed by atoms with E-state index in [0.717, 1.165) is 18.4 Å². The lowest BCUT2D eigenvalue weighted by Crippen LogP contribution is -2.54. The molecule has 0 unspecified atom stereocenters. The van der Waals surface area contributed by atoms with Gasteiger partial charge in [-0.25, -0.2) is 0 Å². The molecule has 1 aromatic carbocycles. The SMILES string of the molecule is NC1(c2c(Cl)cccc2Cl)CC2(CCCC2)C1. The lowest BCUT2D eigenvalue weighted by Gasteiger charge is -2.54. The maximum Gasteiger partial charge on any atom is 0.0471 e. The molecule has 1 nitrogen and oxygen atoms in total. The Morgan fingerprint density at radius 2 is 1.53 bits per heavy atom. The van der Waals surface area contributed by atoms with Gasteiger partial charge in [0, 0.05) is 21.1 Å². The Kier molecular flexibility index (Phi) is 2.70. The van der Waals surface area contributed by atoms with E-state index in [-0.39, 0.29) is 5.54 Å². The summed E-state index contributed by atoms with van der Waals surface area (Å²) in [5, 5.41) is 1.43. The fourth-order valence-electron chi connectivity index (χ4n) is 3.92. The van der Waals surface area contributed by atoms with Gasteiger partial charge in [-0.3, -0.25) is 0 Å². The number of nitrogens with two attached hydrogens (primary N) is 1. The lowest BCUT2D eigenvalue weighted by atomic mass is 9.54. The molecule has 1 aromatic rings. The molecule has 0 aromatic heterocycles. The van der Waals surface area contributed by atoms with Crippen molar-refractivity contribution in [3.8, 4) is 0 Å². The van der Waals surface area contributed by atoms with Gasteiger partial charge in [0.2, 0.25) is 0 Å². The maximum absolute atomic E-state index is 6.51. The van der Waals surface area contributed by atoms with E-state index >= 15 is 0 Å². The molecule has 0 radical (unpaired) electrons. The molecule has 92 valence electrons. The van der Waals surface area contributed by atoms with E-state index in [1.807, 2.05) is 18.2 Å². The van der Waals surface area contributed by atoms with Crippen LogP contribution in [0.4, 0.5) is 0 Å². The van der Waals surface area contributed by atoms with Gasteiger partial charge < -0.3 is 5.73 Å². The van der Waals surface area contributed by atoms with Gasteiger partial charge in [-0.1, -0.05) is 42.1 Å². The third-order valence-electron chi connectivity index (χ3n) is 4.51. The predicted octanol–water partition coefficient (Wildman–Crippen LogP) is 4.50. The van der Waals surface area contributed by atoms with E-state index in [9.17, 15) is 0 Å². The Bertz CT molecular complexity index is 421. The minimum atomic E-state index is -0.292. The van der Waals surface area contributed by atoms with Gasteiger partial charge in [0.1, 0.15) is 0 Å². The highest BCUT2D eigenvalue weighted by molar-refractivity contribution is 6.36. The molecule has 1 spiro atoms. The van der Waals surface area contributed by atoms with Crippen LogP contribution in [0.3, 0.4) is 0 Å². The predicted molar refractivity (Wildman–Crippen MR) is 72.5 cm³/mol. The number of hydrogen-bond acceptors (Lipinski definition) is 1. The zero-order valence-corrected chi connectivity index (χ0v) is 11.3. The van der Waals surface area contributed by atoms with E-state index in [2.05, 4.69) is 0 Å². The second-order valence-corrected chi connectivity index (χ2v) is 6.63. The lowest BCUT2D eigenvalue weighted by molar-refractivity contribution is 0.0314. The molecule has 2 saturated carbocycles. The molecule has 3 heteroatoms. The van der Waals surface area contributed by atoms with Crippen LogP contribution in [0, 0.1) is 5.41 Å². The van der Waals surface area contributed by atoms with E-state index in [4.69, 9.17) is 28.9 Å². The summed E-state index contributed by atoms with van der Waals surface area (Å²) in [7, 11) is 0. The molecule has 0 amide bonds. The van der Waals surface area contributed by atoms with Crippen LogP contribution in [-0.4, -0.2) is 0 Å². The van der Waals surface area contributed by atoms with Crippen LogP contribution < -0.4 is 5.73 Å². The van der Waals surface area contributed by atoms with Gasteiger partial charge in [-0.2, -0.15) is 0 Å². The minimum Gasteiger partial charge on any atom is -0.321 e. The number of halogens is 2. The van der Waals surface area contributed by atoms with E-state index in [1.165, 1.54) is 25.7 Å². The Hall–Kier alpha value is -0.240. The quantitative estimate of drug-likeness (QED) is 0.798. The third-order valence-corrected chi connectivity index (χ3v) is 5.14. The van der Waals surface area contributed by atoms with Crippen molar-refractivity contribution in [1.82, 2.24) is 0 Å². The van der Waals surface area contributed by atoms with Crippen molar-refractivity contribution in [1.29, 1.82) is 0 Å². The van der Waals surface area contributed by atoms with Crippen LogP contribution in [0.2, 0.25) is 10.0 Å². The monoisotopic (exact) mass is 269 g/mol. The summed E-state index contributed by atoms with van der Waals surface area (Å²) in [6, 6.07) is 5.65. The third kappa shape index (κ3) is 1.80. The number of rotatable bonds is 1. The van der Waals surface area contributed by atoms with Gasteiger partial charge in [0.15, 0.2) is 0 Å².